The lowest BCUT2D eigenvalue weighted by molar-refractivity contribution is -0.144. The van der Waals surface area contributed by atoms with Crippen LogP contribution in [0.15, 0.2) is 66.9 Å². The lowest BCUT2D eigenvalue weighted by atomic mass is 10.0. The average Bonchev–Trinajstić information content (AvgIpc) is 3.36. The molecule has 0 bridgehead atoms. The standard InChI is InChI=1S/C29H30FN5O3/c1-18(2)23-15-24(20-9-11-22(30)12-10-20)32-35-17-25(31-27(23)35)28(37)33-13-14-34(19(3)16-33)29(38)26(36)21-7-5-4-6-8-21/h4-12,15,17-19,26,36H,13-14,16H2,1-3H3/t19-,26+/m0/s1. The minimum absolute atomic E-state index is 0.121. The molecule has 2 aromatic carbocycles. The zero-order valence-electron chi connectivity index (χ0n) is 21.6. The summed E-state index contributed by atoms with van der Waals surface area (Å²) in [5, 5.41) is 15.2. The van der Waals surface area contributed by atoms with Crippen molar-refractivity contribution in [1.29, 1.82) is 0 Å². The highest BCUT2D eigenvalue weighted by Gasteiger charge is 2.34. The summed E-state index contributed by atoms with van der Waals surface area (Å²) in [6.45, 7) is 6.92. The fraction of sp³-hybridized carbons (Fsp3) is 0.310. The van der Waals surface area contributed by atoms with Crippen LogP contribution in [0.1, 0.15) is 54.4 Å². The van der Waals surface area contributed by atoms with Crippen molar-refractivity contribution in [2.45, 2.75) is 38.8 Å². The van der Waals surface area contributed by atoms with E-state index >= 15 is 0 Å². The lowest BCUT2D eigenvalue weighted by Gasteiger charge is -2.40. The van der Waals surface area contributed by atoms with E-state index in [4.69, 9.17) is 0 Å². The first-order chi connectivity index (χ1) is 18.2. The number of rotatable bonds is 5. The van der Waals surface area contributed by atoms with Gasteiger partial charge >= 0.3 is 0 Å². The van der Waals surface area contributed by atoms with Gasteiger partial charge in [0.2, 0.25) is 0 Å². The Morgan fingerprint density at radius 3 is 2.42 bits per heavy atom. The Hall–Kier alpha value is -4.11. The number of piperazine rings is 1. The molecule has 3 heterocycles. The number of amides is 2. The van der Waals surface area contributed by atoms with Crippen LogP contribution in [0.2, 0.25) is 0 Å². The Bertz CT molecular complexity index is 1470. The fourth-order valence-corrected chi connectivity index (χ4v) is 4.86. The molecule has 2 amide bonds. The molecule has 8 nitrogen and oxygen atoms in total. The molecule has 2 atom stereocenters. The normalized spacial score (nSPS) is 16.7. The number of aliphatic hydroxyl groups excluding tert-OH is 1. The van der Waals surface area contributed by atoms with Crippen molar-refractivity contribution < 1.29 is 19.1 Å². The number of carbonyl (C=O) groups excluding carboxylic acids is 2. The van der Waals surface area contributed by atoms with Crippen LogP contribution in [0.5, 0.6) is 0 Å². The van der Waals surface area contributed by atoms with Gasteiger partial charge in [-0.3, -0.25) is 9.59 Å². The van der Waals surface area contributed by atoms with Gasteiger partial charge in [0.15, 0.2) is 11.8 Å². The van der Waals surface area contributed by atoms with Crippen LogP contribution >= 0.6 is 0 Å². The summed E-state index contributed by atoms with van der Waals surface area (Å²) in [4.78, 5) is 34.4. The summed E-state index contributed by atoms with van der Waals surface area (Å²) in [6.07, 6.45) is 0.382. The van der Waals surface area contributed by atoms with E-state index in [9.17, 15) is 19.1 Å². The number of halogens is 1. The van der Waals surface area contributed by atoms with Crippen molar-refractivity contribution in [2.75, 3.05) is 19.6 Å². The summed E-state index contributed by atoms with van der Waals surface area (Å²) in [5.74, 6) is -0.811. The van der Waals surface area contributed by atoms with E-state index in [2.05, 4.69) is 10.1 Å². The first-order valence-electron chi connectivity index (χ1n) is 12.7. The molecule has 0 saturated carbocycles. The van der Waals surface area contributed by atoms with Crippen LogP contribution in [-0.2, 0) is 4.79 Å². The maximum absolute atomic E-state index is 13.4. The molecule has 9 heteroatoms. The van der Waals surface area contributed by atoms with Crippen molar-refractivity contribution in [3.05, 3.63) is 89.5 Å². The van der Waals surface area contributed by atoms with Gasteiger partial charge in [-0.15, -0.1) is 0 Å². The molecule has 1 aliphatic heterocycles. The topological polar surface area (TPSA) is 91.0 Å². The van der Waals surface area contributed by atoms with Gasteiger partial charge in [-0.05, 0) is 48.7 Å². The van der Waals surface area contributed by atoms with Gasteiger partial charge in [-0.1, -0.05) is 44.2 Å². The summed E-state index contributed by atoms with van der Waals surface area (Å²) in [7, 11) is 0. The molecule has 1 saturated heterocycles. The largest absolute Gasteiger partial charge is 0.378 e. The van der Waals surface area contributed by atoms with Crippen LogP contribution < -0.4 is 0 Å². The van der Waals surface area contributed by atoms with E-state index in [0.717, 1.165) is 11.1 Å². The quantitative estimate of drug-likeness (QED) is 0.433. The van der Waals surface area contributed by atoms with Gasteiger partial charge in [0, 0.05) is 36.8 Å². The number of hydrogen-bond acceptors (Lipinski definition) is 5. The number of nitrogens with zero attached hydrogens (tertiary/aromatic N) is 5. The highest BCUT2D eigenvalue weighted by molar-refractivity contribution is 5.93. The number of hydrogen-bond donors (Lipinski definition) is 1. The van der Waals surface area contributed by atoms with Gasteiger partial charge in [-0.25, -0.2) is 13.9 Å². The second-order valence-corrected chi connectivity index (χ2v) is 9.99. The Morgan fingerprint density at radius 2 is 1.76 bits per heavy atom. The van der Waals surface area contributed by atoms with E-state index in [1.807, 2.05) is 32.9 Å². The predicted octanol–water partition coefficient (Wildman–Crippen LogP) is 4.07. The van der Waals surface area contributed by atoms with E-state index in [1.54, 1.807) is 56.9 Å². The highest BCUT2D eigenvalue weighted by Crippen LogP contribution is 2.27. The van der Waals surface area contributed by atoms with E-state index in [-0.39, 0.29) is 35.3 Å². The third-order valence-corrected chi connectivity index (χ3v) is 6.98. The Labute approximate surface area is 220 Å². The van der Waals surface area contributed by atoms with Gasteiger partial charge in [0.05, 0.1) is 11.9 Å². The SMILES string of the molecule is CC(C)c1cc(-c2ccc(F)cc2)nn2cc(C(=O)N3CCN(C(=O)[C@H](O)c4ccccc4)[C@@H](C)C3)nc12. The highest BCUT2D eigenvalue weighted by atomic mass is 19.1. The Kier molecular flexibility index (Phi) is 6.94. The lowest BCUT2D eigenvalue weighted by Crippen LogP contribution is -2.56. The van der Waals surface area contributed by atoms with E-state index < -0.39 is 6.10 Å². The van der Waals surface area contributed by atoms with E-state index in [0.29, 0.717) is 36.5 Å². The van der Waals surface area contributed by atoms with E-state index in [1.165, 1.54) is 12.1 Å². The Morgan fingerprint density at radius 1 is 1.05 bits per heavy atom. The smallest absolute Gasteiger partial charge is 0.274 e. The molecule has 1 N–H and O–H groups in total. The molecular weight excluding hydrogens is 485 g/mol. The van der Waals surface area contributed by atoms with Crippen molar-refractivity contribution in [2.24, 2.45) is 0 Å². The molecule has 4 aromatic rings. The van der Waals surface area contributed by atoms with Crippen LogP contribution in [0, 0.1) is 5.82 Å². The number of aliphatic hydroxyl groups is 1. The molecule has 2 aromatic heterocycles. The Balaban J connectivity index is 1.36. The van der Waals surface area contributed by atoms with Crippen LogP contribution in [0.25, 0.3) is 16.9 Å². The van der Waals surface area contributed by atoms with Crippen molar-refractivity contribution in [3.63, 3.8) is 0 Å². The number of carbonyl (C=O) groups is 2. The molecule has 0 aliphatic carbocycles. The number of aromatic nitrogens is 3. The fourth-order valence-electron chi connectivity index (χ4n) is 4.86. The monoisotopic (exact) mass is 515 g/mol. The first-order valence-corrected chi connectivity index (χ1v) is 12.7. The van der Waals surface area contributed by atoms with Gasteiger partial charge in [0.25, 0.3) is 11.8 Å². The molecule has 5 rings (SSSR count). The minimum atomic E-state index is -1.24. The maximum Gasteiger partial charge on any atom is 0.274 e. The molecule has 0 radical (unpaired) electrons. The zero-order chi connectivity index (χ0) is 27.0. The maximum atomic E-state index is 13.4. The van der Waals surface area contributed by atoms with Crippen LogP contribution in [0.4, 0.5) is 4.39 Å². The number of fused-ring (bicyclic) bond motifs is 1. The van der Waals surface area contributed by atoms with Crippen LogP contribution in [-0.4, -0.2) is 67.0 Å². The van der Waals surface area contributed by atoms with Gasteiger partial charge < -0.3 is 14.9 Å². The number of benzene rings is 2. The summed E-state index contributed by atoms with van der Waals surface area (Å²) < 4.78 is 15.0. The summed E-state index contributed by atoms with van der Waals surface area (Å²) in [5.41, 5.74) is 3.77. The van der Waals surface area contributed by atoms with Crippen molar-refractivity contribution >= 4 is 17.5 Å². The summed E-state index contributed by atoms with van der Waals surface area (Å²) in [6, 6.07) is 16.6. The molecule has 0 spiro atoms. The van der Waals surface area contributed by atoms with Gasteiger partial charge in [-0.2, -0.15) is 5.10 Å². The molecule has 1 aliphatic rings. The summed E-state index contributed by atoms with van der Waals surface area (Å²) >= 11 is 0. The molecular formula is C29H30FN5O3. The number of imidazole rings is 1. The van der Waals surface area contributed by atoms with Gasteiger partial charge in [0.1, 0.15) is 11.5 Å². The minimum Gasteiger partial charge on any atom is -0.378 e. The molecule has 0 unspecified atom stereocenters. The second kappa shape index (κ2) is 10.3. The second-order valence-electron chi connectivity index (χ2n) is 9.99. The first kappa shape index (κ1) is 25.5. The molecule has 196 valence electrons. The predicted molar refractivity (Wildman–Crippen MR) is 141 cm³/mol. The van der Waals surface area contributed by atoms with Crippen LogP contribution in [0.3, 0.4) is 0 Å². The molecule has 38 heavy (non-hydrogen) atoms. The third kappa shape index (κ3) is 4.89. The van der Waals surface area contributed by atoms with Crippen molar-refractivity contribution in [1.82, 2.24) is 24.4 Å². The molecule has 1 fully saturated rings. The zero-order valence-corrected chi connectivity index (χ0v) is 21.6. The third-order valence-electron chi connectivity index (χ3n) is 6.98. The van der Waals surface area contributed by atoms with Crippen molar-refractivity contribution in [3.8, 4) is 11.3 Å². The average molecular weight is 516 g/mol.